The summed E-state index contributed by atoms with van der Waals surface area (Å²) in [5.41, 5.74) is 0.559. The molecule has 100 valence electrons. The quantitative estimate of drug-likeness (QED) is 0.794. The van der Waals surface area contributed by atoms with Crippen LogP contribution in [0.5, 0.6) is 0 Å². The molecule has 1 amide bonds. The van der Waals surface area contributed by atoms with E-state index >= 15 is 0 Å². The Morgan fingerprint density at radius 3 is 2.89 bits per heavy atom. The van der Waals surface area contributed by atoms with Crippen LogP contribution in [-0.4, -0.2) is 31.5 Å². The predicted molar refractivity (Wildman–Crippen MR) is 77.6 cm³/mol. The highest BCUT2D eigenvalue weighted by Gasteiger charge is 2.09. The molecule has 0 radical (unpaired) electrons. The largest absolute Gasteiger partial charge is 0.383 e. The fourth-order valence-electron chi connectivity index (χ4n) is 1.35. The van der Waals surface area contributed by atoms with Crippen LogP contribution in [0.3, 0.4) is 0 Å². The molecular weight excluding hydrogens is 341 g/mol. The lowest BCUT2D eigenvalue weighted by molar-refractivity contribution is 0.0951. The summed E-state index contributed by atoms with van der Waals surface area (Å²) < 4.78 is 5.61. The zero-order valence-electron chi connectivity index (χ0n) is 9.88. The number of halogens is 3. The molecule has 0 aromatic heterocycles. The van der Waals surface area contributed by atoms with Gasteiger partial charge in [-0.25, -0.2) is 0 Å². The van der Waals surface area contributed by atoms with Gasteiger partial charge >= 0.3 is 0 Å². The number of carbonyl (C=O) groups is 1. The van der Waals surface area contributed by atoms with Crippen molar-refractivity contribution in [1.82, 2.24) is 5.32 Å². The zero-order chi connectivity index (χ0) is 13.5. The smallest absolute Gasteiger partial charge is 0.251 e. The number of ether oxygens (including phenoxy) is 1. The molecule has 0 aliphatic carbocycles. The van der Waals surface area contributed by atoms with E-state index in [1.807, 2.05) is 0 Å². The third-order valence-electron chi connectivity index (χ3n) is 2.27. The zero-order valence-corrected chi connectivity index (χ0v) is 13.0. The van der Waals surface area contributed by atoms with Crippen LogP contribution < -0.4 is 5.32 Å². The fraction of sp³-hybridized carbons (Fsp3) is 0.417. The SMILES string of the molecule is COCC(Cl)CCNC(=O)c1ccc(Cl)c(Br)c1. The van der Waals surface area contributed by atoms with E-state index in [2.05, 4.69) is 21.2 Å². The first kappa shape index (κ1) is 15.8. The summed E-state index contributed by atoms with van der Waals surface area (Å²) >= 11 is 15.1. The van der Waals surface area contributed by atoms with Gasteiger partial charge in [0.25, 0.3) is 5.91 Å². The molecule has 3 nitrogen and oxygen atoms in total. The summed E-state index contributed by atoms with van der Waals surface area (Å²) in [4.78, 5) is 11.8. The fourth-order valence-corrected chi connectivity index (χ4v) is 2.08. The molecule has 1 rings (SSSR count). The van der Waals surface area contributed by atoms with E-state index < -0.39 is 0 Å². The second kappa shape index (κ2) is 8.00. The van der Waals surface area contributed by atoms with Crippen molar-refractivity contribution in [2.24, 2.45) is 0 Å². The van der Waals surface area contributed by atoms with Crippen LogP contribution in [0.15, 0.2) is 22.7 Å². The Morgan fingerprint density at radius 2 is 2.28 bits per heavy atom. The van der Waals surface area contributed by atoms with E-state index in [1.54, 1.807) is 25.3 Å². The van der Waals surface area contributed by atoms with Crippen LogP contribution in [0.25, 0.3) is 0 Å². The number of nitrogens with one attached hydrogen (secondary N) is 1. The van der Waals surface area contributed by atoms with Crippen molar-refractivity contribution < 1.29 is 9.53 Å². The molecule has 0 saturated heterocycles. The van der Waals surface area contributed by atoms with Gasteiger partial charge in [0, 0.05) is 23.7 Å². The first-order valence-corrected chi connectivity index (χ1v) is 7.01. The van der Waals surface area contributed by atoms with Crippen LogP contribution in [0, 0.1) is 0 Å². The second-order valence-electron chi connectivity index (χ2n) is 3.73. The number of hydrogen-bond donors (Lipinski definition) is 1. The topological polar surface area (TPSA) is 38.3 Å². The van der Waals surface area contributed by atoms with Crippen molar-refractivity contribution in [2.75, 3.05) is 20.3 Å². The molecule has 18 heavy (non-hydrogen) atoms. The number of hydrogen-bond acceptors (Lipinski definition) is 2. The maximum Gasteiger partial charge on any atom is 0.251 e. The maximum absolute atomic E-state index is 11.8. The molecule has 1 N–H and O–H groups in total. The van der Waals surface area contributed by atoms with Crippen molar-refractivity contribution in [1.29, 1.82) is 0 Å². The van der Waals surface area contributed by atoms with Gasteiger partial charge in [-0.3, -0.25) is 4.79 Å². The van der Waals surface area contributed by atoms with Crippen LogP contribution in [0.2, 0.25) is 5.02 Å². The Balaban J connectivity index is 2.43. The molecule has 1 atom stereocenters. The third-order valence-corrected chi connectivity index (χ3v) is 3.83. The number of methoxy groups -OCH3 is 1. The third kappa shape index (κ3) is 5.14. The standard InChI is InChI=1S/C12H14BrCl2NO2/c1-18-7-9(14)4-5-16-12(17)8-2-3-11(15)10(13)6-8/h2-3,6,9H,4-5,7H2,1H3,(H,16,17). The Labute approximate surface area is 125 Å². The number of amides is 1. The number of rotatable bonds is 6. The first-order valence-electron chi connectivity index (χ1n) is 5.41. The molecule has 0 fully saturated rings. The predicted octanol–water partition coefficient (Wildman–Crippen LogP) is 3.48. The highest BCUT2D eigenvalue weighted by atomic mass is 79.9. The molecule has 0 spiro atoms. The van der Waals surface area contributed by atoms with Gasteiger partial charge in [-0.15, -0.1) is 11.6 Å². The molecule has 0 heterocycles. The van der Waals surface area contributed by atoms with E-state index in [4.69, 9.17) is 27.9 Å². The van der Waals surface area contributed by atoms with Crippen LogP contribution in [0.4, 0.5) is 0 Å². The molecule has 0 aliphatic heterocycles. The monoisotopic (exact) mass is 353 g/mol. The lowest BCUT2D eigenvalue weighted by Gasteiger charge is -2.09. The van der Waals surface area contributed by atoms with Crippen molar-refractivity contribution in [2.45, 2.75) is 11.8 Å². The number of benzene rings is 1. The van der Waals surface area contributed by atoms with Crippen LogP contribution in [0.1, 0.15) is 16.8 Å². The normalized spacial score (nSPS) is 12.2. The Kier molecular flexibility index (Phi) is 7.00. The molecule has 0 aliphatic rings. The van der Waals surface area contributed by atoms with E-state index in [-0.39, 0.29) is 11.3 Å². The minimum Gasteiger partial charge on any atom is -0.383 e. The maximum atomic E-state index is 11.8. The summed E-state index contributed by atoms with van der Waals surface area (Å²) in [5, 5.41) is 3.28. The minimum absolute atomic E-state index is 0.0905. The highest BCUT2D eigenvalue weighted by molar-refractivity contribution is 9.10. The molecule has 0 bridgehead atoms. The van der Waals surface area contributed by atoms with Crippen molar-refractivity contribution >= 4 is 45.0 Å². The highest BCUT2D eigenvalue weighted by Crippen LogP contribution is 2.23. The van der Waals surface area contributed by atoms with E-state index in [0.717, 1.165) is 0 Å². The number of alkyl halides is 1. The molecule has 6 heteroatoms. The molecule has 1 unspecified atom stereocenters. The summed E-state index contributed by atoms with van der Waals surface area (Å²) in [6.45, 7) is 0.987. The molecular formula is C12H14BrCl2NO2. The average Bonchev–Trinajstić information content (AvgIpc) is 2.33. The summed E-state index contributed by atoms with van der Waals surface area (Å²) in [6.07, 6.45) is 0.663. The van der Waals surface area contributed by atoms with Crippen LogP contribution in [-0.2, 0) is 4.74 Å². The Bertz CT molecular complexity index is 415. The summed E-state index contributed by atoms with van der Waals surface area (Å²) in [7, 11) is 1.60. The lowest BCUT2D eigenvalue weighted by atomic mass is 10.2. The van der Waals surface area contributed by atoms with E-state index in [1.165, 1.54) is 0 Å². The van der Waals surface area contributed by atoms with Gasteiger partial charge in [0.2, 0.25) is 0 Å². The van der Waals surface area contributed by atoms with Crippen LogP contribution >= 0.6 is 39.1 Å². The van der Waals surface area contributed by atoms with Crippen molar-refractivity contribution in [3.8, 4) is 0 Å². The van der Waals surface area contributed by atoms with Gasteiger partial charge in [0.1, 0.15) is 0 Å². The molecule has 1 aromatic rings. The van der Waals surface area contributed by atoms with E-state index in [9.17, 15) is 4.79 Å². The lowest BCUT2D eigenvalue weighted by Crippen LogP contribution is -2.27. The summed E-state index contributed by atoms with van der Waals surface area (Å²) in [6, 6.07) is 5.04. The van der Waals surface area contributed by atoms with Gasteiger partial charge in [-0.05, 0) is 40.5 Å². The molecule has 1 aromatic carbocycles. The van der Waals surface area contributed by atoms with Crippen molar-refractivity contribution in [3.05, 3.63) is 33.3 Å². The minimum atomic E-state index is -0.145. The van der Waals surface area contributed by atoms with Gasteiger partial charge in [0.05, 0.1) is 17.0 Å². The molecule has 0 saturated carbocycles. The Morgan fingerprint density at radius 1 is 1.56 bits per heavy atom. The summed E-state index contributed by atoms with van der Waals surface area (Å²) in [5.74, 6) is -0.145. The van der Waals surface area contributed by atoms with Gasteiger partial charge in [-0.1, -0.05) is 11.6 Å². The number of carbonyl (C=O) groups excluding carboxylic acids is 1. The Hall–Kier alpha value is -0.290. The van der Waals surface area contributed by atoms with E-state index in [0.29, 0.717) is 34.6 Å². The second-order valence-corrected chi connectivity index (χ2v) is 5.60. The van der Waals surface area contributed by atoms with Crippen molar-refractivity contribution in [3.63, 3.8) is 0 Å². The van der Waals surface area contributed by atoms with Gasteiger partial charge in [-0.2, -0.15) is 0 Å². The first-order chi connectivity index (χ1) is 8.54. The van der Waals surface area contributed by atoms with Gasteiger partial charge < -0.3 is 10.1 Å². The van der Waals surface area contributed by atoms with Gasteiger partial charge in [0.15, 0.2) is 0 Å². The average molecular weight is 355 g/mol.